The first kappa shape index (κ1) is 33.3. The molecule has 1 aliphatic heterocycles. The van der Waals surface area contributed by atoms with Gasteiger partial charge in [-0.25, -0.2) is 4.98 Å². The number of imidazole rings is 1. The van der Waals surface area contributed by atoms with E-state index in [0.29, 0.717) is 46.7 Å². The second-order valence-electron chi connectivity index (χ2n) is 11.9. The topological polar surface area (TPSA) is 146 Å². The Morgan fingerprint density at radius 1 is 1.00 bits per heavy atom. The summed E-state index contributed by atoms with van der Waals surface area (Å²) in [4.78, 5) is 52.3. The maximum Gasteiger partial charge on any atom is 0.259 e. The van der Waals surface area contributed by atoms with Crippen LogP contribution in [0.15, 0.2) is 54.6 Å². The number of likely N-dealkylation sites (N-methyl/N-ethyl adjacent to an activating group) is 1. The number of piperazine rings is 1. The van der Waals surface area contributed by atoms with E-state index in [4.69, 9.17) is 15.2 Å². The predicted octanol–water partition coefficient (Wildman–Crippen LogP) is 4.70. The second kappa shape index (κ2) is 15.0. The van der Waals surface area contributed by atoms with E-state index >= 15 is 0 Å². The number of aryl methyl sites for hydroxylation is 1. The molecule has 12 nitrogen and oxygen atoms in total. The van der Waals surface area contributed by atoms with Crippen LogP contribution in [0.2, 0.25) is 0 Å². The molecule has 1 aromatic heterocycles. The molecule has 0 unspecified atom stereocenters. The molecular weight excluding hydrogens is 598 g/mol. The fourth-order valence-electron chi connectivity index (χ4n) is 5.62. The molecule has 4 N–H and O–H groups in total. The zero-order valence-corrected chi connectivity index (χ0v) is 27.5. The highest BCUT2D eigenvalue weighted by Crippen LogP contribution is 2.31. The molecule has 0 saturated carbocycles. The number of nitrogens with zero attached hydrogens (tertiary/aromatic N) is 4. The molecule has 248 valence electrons. The van der Waals surface area contributed by atoms with Gasteiger partial charge in [-0.05, 0) is 81.3 Å². The van der Waals surface area contributed by atoms with Gasteiger partial charge in [0.05, 0.1) is 36.2 Å². The number of aromatic nitrogens is 2. The smallest absolute Gasteiger partial charge is 0.259 e. The number of methoxy groups -OCH3 is 1. The van der Waals surface area contributed by atoms with Crippen LogP contribution < -0.4 is 25.4 Å². The molecule has 2 heterocycles. The molecule has 0 spiro atoms. The average Bonchev–Trinajstić information content (AvgIpc) is 3.46. The zero-order chi connectivity index (χ0) is 33.5. The van der Waals surface area contributed by atoms with Gasteiger partial charge in [-0.15, -0.1) is 0 Å². The van der Waals surface area contributed by atoms with Gasteiger partial charge < -0.3 is 40.2 Å². The van der Waals surface area contributed by atoms with Gasteiger partial charge in [0.25, 0.3) is 11.8 Å². The fourth-order valence-corrected chi connectivity index (χ4v) is 5.62. The van der Waals surface area contributed by atoms with Crippen LogP contribution in [-0.4, -0.2) is 91.5 Å². The Morgan fingerprint density at radius 2 is 1.79 bits per heavy atom. The number of ether oxygens (including phenoxy) is 2. The monoisotopic (exact) mass is 641 g/mol. The summed E-state index contributed by atoms with van der Waals surface area (Å²) in [5.74, 6) is 0.623. The van der Waals surface area contributed by atoms with Crippen molar-refractivity contribution in [1.29, 1.82) is 0 Å². The number of fused-ring (bicyclic) bond motifs is 1. The number of anilines is 3. The standard InChI is InChI=1S/C35H43N7O5/c1-23-12-15-28(30(21-23)47-20-7-5-6-11-31(43)42-18-16-40(2)17-19-42)41(3)34(45)24-13-14-25(29(22-24)46-4)33(44)37-26-9-8-10-27-32(26)39-35(36)38-27/h8-10,12-15,21-22H,5-7,11,16-20H2,1-4H3,(H,37,44)(H3,36,38,39). The van der Waals surface area contributed by atoms with E-state index in [0.717, 1.165) is 51.0 Å². The Morgan fingerprint density at radius 3 is 2.55 bits per heavy atom. The zero-order valence-electron chi connectivity index (χ0n) is 27.5. The average molecular weight is 642 g/mol. The van der Waals surface area contributed by atoms with Crippen LogP contribution in [-0.2, 0) is 4.79 Å². The minimum Gasteiger partial charge on any atom is -0.496 e. The minimum atomic E-state index is -0.416. The Hall–Kier alpha value is -5.10. The molecule has 1 fully saturated rings. The third-order valence-corrected chi connectivity index (χ3v) is 8.40. The number of hydrogen-bond acceptors (Lipinski definition) is 8. The molecule has 0 bridgehead atoms. The van der Waals surface area contributed by atoms with Crippen LogP contribution in [0.25, 0.3) is 11.0 Å². The SMILES string of the molecule is COc1cc(C(=O)N(C)c2ccc(C)cc2OCCCCCC(=O)N2CCN(C)CC2)ccc1C(=O)Nc1cccc2[nH]c(N)nc12. The third kappa shape index (κ3) is 8.01. The summed E-state index contributed by atoms with van der Waals surface area (Å²) in [6, 6.07) is 15.8. The lowest BCUT2D eigenvalue weighted by Gasteiger charge is -2.32. The number of nitrogens with two attached hydrogens (primary N) is 1. The summed E-state index contributed by atoms with van der Waals surface area (Å²) in [6.07, 6.45) is 3.04. The van der Waals surface area contributed by atoms with E-state index in [1.807, 2.05) is 36.1 Å². The minimum absolute atomic E-state index is 0.225. The van der Waals surface area contributed by atoms with Crippen LogP contribution in [0.5, 0.6) is 11.5 Å². The lowest BCUT2D eigenvalue weighted by atomic mass is 10.1. The molecule has 5 rings (SSSR count). The number of hydrogen-bond donors (Lipinski definition) is 3. The molecule has 3 amide bonds. The molecule has 0 radical (unpaired) electrons. The number of H-pyrrole nitrogens is 1. The molecular formula is C35H43N7O5. The number of amides is 3. The molecule has 0 aliphatic carbocycles. The molecule has 12 heteroatoms. The number of carbonyl (C=O) groups excluding carboxylic acids is 3. The Balaban J connectivity index is 1.19. The molecule has 47 heavy (non-hydrogen) atoms. The molecule has 3 aromatic carbocycles. The highest BCUT2D eigenvalue weighted by atomic mass is 16.5. The van der Waals surface area contributed by atoms with Crippen LogP contribution in [0.4, 0.5) is 17.3 Å². The maximum atomic E-state index is 13.7. The van der Waals surface area contributed by atoms with Gasteiger partial charge in [0.1, 0.15) is 17.0 Å². The van der Waals surface area contributed by atoms with Crippen molar-refractivity contribution >= 4 is 46.1 Å². The number of benzene rings is 3. The molecule has 1 saturated heterocycles. The second-order valence-corrected chi connectivity index (χ2v) is 11.9. The van der Waals surface area contributed by atoms with E-state index in [9.17, 15) is 14.4 Å². The van der Waals surface area contributed by atoms with Crippen molar-refractivity contribution in [2.75, 3.05) is 69.9 Å². The Kier molecular flexibility index (Phi) is 10.6. The van der Waals surface area contributed by atoms with E-state index in [-0.39, 0.29) is 29.1 Å². The summed E-state index contributed by atoms with van der Waals surface area (Å²) < 4.78 is 11.7. The van der Waals surface area contributed by atoms with Crippen LogP contribution in [0.3, 0.4) is 0 Å². The molecule has 4 aromatic rings. The van der Waals surface area contributed by atoms with Gasteiger partial charge in [0, 0.05) is 45.2 Å². The number of nitrogen functional groups attached to an aromatic ring is 1. The molecule has 0 atom stereocenters. The number of nitrogens with one attached hydrogen (secondary N) is 2. The maximum absolute atomic E-state index is 13.7. The van der Waals surface area contributed by atoms with Crippen molar-refractivity contribution in [3.05, 3.63) is 71.3 Å². The van der Waals surface area contributed by atoms with Crippen LogP contribution in [0, 0.1) is 6.92 Å². The summed E-state index contributed by atoms with van der Waals surface area (Å²) in [5, 5.41) is 2.86. The van der Waals surface area contributed by atoms with Crippen molar-refractivity contribution in [2.24, 2.45) is 0 Å². The summed E-state index contributed by atoms with van der Waals surface area (Å²) >= 11 is 0. The van der Waals surface area contributed by atoms with E-state index in [2.05, 4.69) is 27.2 Å². The van der Waals surface area contributed by atoms with E-state index < -0.39 is 5.91 Å². The van der Waals surface area contributed by atoms with Crippen molar-refractivity contribution in [1.82, 2.24) is 19.8 Å². The third-order valence-electron chi connectivity index (χ3n) is 8.40. The predicted molar refractivity (Wildman–Crippen MR) is 183 cm³/mol. The van der Waals surface area contributed by atoms with Gasteiger partial charge in [-0.2, -0.15) is 0 Å². The van der Waals surface area contributed by atoms with Crippen LogP contribution in [0.1, 0.15) is 52.0 Å². The summed E-state index contributed by atoms with van der Waals surface area (Å²) in [5.41, 5.74) is 9.76. The first-order valence-electron chi connectivity index (χ1n) is 15.9. The number of rotatable bonds is 12. The van der Waals surface area contributed by atoms with Crippen molar-refractivity contribution in [2.45, 2.75) is 32.6 Å². The number of para-hydroxylation sites is 1. The Labute approximate surface area is 274 Å². The highest BCUT2D eigenvalue weighted by Gasteiger charge is 2.22. The van der Waals surface area contributed by atoms with Gasteiger partial charge in [0.2, 0.25) is 5.91 Å². The van der Waals surface area contributed by atoms with Crippen molar-refractivity contribution < 1.29 is 23.9 Å². The molecule has 1 aliphatic rings. The lowest BCUT2D eigenvalue weighted by molar-refractivity contribution is -0.132. The van der Waals surface area contributed by atoms with Gasteiger partial charge >= 0.3 is 0 Å². The Bertz CT molecular complexity index is 1750. The number of unbranched alkanes of at least 4 members (excludes halogenated alkanes) is 2. The fraction of sp³-hybridized carbons (Fsp3) is 0.371. The first-order chi connectivity index (χ1) is 22.6. The van der Waals surface area contributed by atoms with Gasteiger partial charge in [-0.1, -0.05) is 12.1 Å². The van der Waals surface area contributed by atoms with Crippen molar-refractivity contribution in [3.63, 3.8) is 0 Å². The van der Waals surface area contributed by atoms with Gasteiger partial charge in [-0.3, -0.25) is 14.4 Å². The number of aromatic amines is 1. The van der Waals surface area contributed by atoms with Gasteiger partial charge in [0.15, 0.2) is 5.95 Å². The van der Waals surface area contributed by atoms with E-state index in [1.165, 1.54) is 12.0 Å². The van der Waals surface area contributed by atoms with E-state index in [1.54, 1.807) is 37.4 Å². The summed E-state index contributed by atoms with van der Waals surface area (Å²) in [6.45, 7) is 5.88. The largest absolute Gasteiger partial charge is 0.496 e. The summed E-state index contributed by atoms with van der Waals surface area (Å²) in [7, 11) is 5.22. The van der Waals surface area contributed by atoms with Crippen molar-refractivity contribution in [3.8, 4) is 11.5 Å². The number of carbonyl (C=O) groups is 3. The normalized spacial score (nSPS) is 13.4. The lowest BCUT2D eigenvalue weighted by Crippen LogP contribution is -2.47. The van der Waals surface area contributed by atoms with Crippen LogP contribution >= 0.6 is 0 Å². The first-order valence-corrected chi connectivity index (χ1v) is 15.9. The highest BCUT2D eigenvalue weighted by molar-refractivity contribution is 6.11. The quantitative estimate of drug-likeness (QED) is 0.189.